The first kappa shape index (κ1) is 11.1. The molecule has 1 nitrogen and oxygen atoms in total. The monoisotopic (exact) mass is 127 g/mol. The number of nitrogens with two attached hydrogens (primary N) is 1. The lowest BCUT2D eigenvalue weighted by Crippen LogP contribution is -1.83. The second kappa shape index (κ2) is 7.28. The van der Waals surface area contributed by atoms with Gasteiger partial charge in [0.1, 0.15) is 0 Å². The Bertz CT molecular complexity index is 101. The standard InChI is InChI=1S/C6H11N.C2H6/c1-5(2)6(3)4-7;1-2/h4H,1,7H2,2-3H3;1-2H3/b6-4-;. The molecule has 0 atom stereocenters. The van der Waals surface area contributed by atoms with Gasteiger partial charge in [-0.3, -0.25) is 0 Å². The molecule has 0 amide bonds. The van der Waals surface area contributed by atoms with Crippen molar-refractivity contribution in [2.24, 2.45) is 5.73 Å². The van der Waals surface area contributed by atoms with Gasteiger partial charge in [-0.2, -0.15) is 0 Å². The highest BCUT2D eigenvalue weighted by molar-refractivity contribution is 5.22. The van der Waals surface area contributed by atoms with E-state index in [1.165, 1.54) is 0 Å². The normalized spacial score (nSPS) is 9.56. The summed E-state index contributed by atoms with van der Waals surface area (Å²) in [5.41, 5.74) is 7.24. The molecule has 54 valence electrons. The van der Waals surface area contributed by atoms with Crippen molar-refractivity contribution in [1.29, 1.82) is 0 Å². The molecule has 0 radical (unpaired) electrons. The average Bonchev–Trinajstić information content (AvgIpc) is 1.91. The molecule has 0 saturated carbocycles. The number of hydrogen-bond donors (Lipinski definition) is 1. The maximum atomic E-state index is 5.15. The van der Waals surface area contributed by atoms with Gasteiger partial charge in [0.05, 0.1) is 0 Å². The SMILES string of the molecule is C=C(C)/C(C)=C\N.CC. The van der Waals surface area contributed by atoms with Crippen molar-refractivity contribution in [1.82, 2.24) is 0 Å². The quantitative estimate of drug-likeness (QED) is 0.538. The van der Waals surface area contributed by atoms with Crippen LogP contribution < -0.4 is 5.73 Å². The van der Waals surface area contributed by atoms with E-state index in [0.29, 0.717) is 0 Å². The zero-order valence-corrected chi connectivity index (χ0v) is 6.86. The van der Waals surface area contributed by atoms with Crippen LogP contribution in [0.2, 0.25) is 0 Å². The molecule has 0 aromatic heterocycles. The highest BCUT2D eigenvalue weighted by atomic mass is 14.5. The summed E-state index contributed by atoms with van der Waals surface area (Å²) in [4.78, 5) is 0. The zero-order valence-electron chi connectivity index (χ0n) is 6.86. The smallest absolute Gasteiger partial charge is 0.00301 e. The van der Waals surface area contributed by atoms with Gasteiger partial charge in [0, 0.05) is 0 Å². The third kappa shape index (κ3) is 7.28. The lowest BCUT2D eigenvalue weighted by Gasteiger charge is -1.91. The van der Waals surface area contributed by atoms with E-state index >= 15 is 0 Å². The third-order valence-electron chi connectivity index (χ3n) is 0.923. The summed E-state index contributed by atoms with van der Waals surface area (Å²) in [6.45, 7) is 11.5. The van der Waals surface area contributed by atoms with E-state index in [1.807, 2.05) is 27.7 Å². The van der Waals surface area contributed by atoms with Crippen LogP contribution in [0.25, 0.3) is 0 Å². The van der Waals surface area contributed by atoms with Crippen LogP contribution in [0.3, 0.4) is 0 Å². The second-order valence-corrected chi connectivity index (χ2v) is 1.63. The first-order valence-electron chi connectivity index (χ1n) is 3.23. The van der Waals surface area contributed by atoms with Gasteiger partial charge in [0.2, 0.25) is 0 Å². The van der Waals surface area contributed by atoms with Crippen LogP contribution >= 0.6 is 0 Å². The van der Waals surface area contributed by atoms with Crippen LogP contribution in [-0.2, 0) is 0 Å². The van der Waals surface area contributed by atoms with Crippen LogP contribution in [-0.4, -0.2) is 0 Å². The Labute approximate surface area is 58.3 Å². The minimum absolute atomic E-state index is 1.03. The lowest BCUT2D eigenvalue weighted by molar-refractivity contribution is 1.32. The Morgan fingerprint density at radius 2 is 1.67 bits per heavy atom. The molecular weight excluding hydrogens is 110 g/mol. The Morgan fingerprint density at radius 3 is 1.67 bits per heavy atom. The van der Waals surface area contributed by atoms with Gasteiger partial charge in [-0.25, -0.2) is 0 Å². The molecule has 0 aromatic rings. The third-order valence-corrected chi connectivity index (χ3v) is 0.923. The van der Waals surface area contributed by atoms with E-state index in [9.17, 15) is 0 Å². The first-order valence-corrected chi connectivity index (χ1v) is 3.23. The molecule has 0 aliphatic carbocycles. The summed E-state index contributed by atoms with van der Waals surface area (Å²) in [6, 6.07) is 0. The van der Waals surface area contributed by atoms with Gasteiger partial charge in [-0.1, -0.05) is 26.0 Å². The van der Waals surface area contributed by atoms with Crippen LogP contribution in [0, 0.1) is 0 Å². The number of rotatable bonds is 1. The summed E-state index contributed by atoms with van der Waals surface area (Å²) < 4.78 is 0. The fourth-order valence-corrected chi connectivity index (χ4v) is 0.142. The Morgan fingerprint density at radius 1 is 1.33 bits per heavy atom. The van der Waals surface area contributed by atoms with Crippen molar-refractivity contribution in [3.63, 3.8) is 0 Å². The van der Waals surface area contributed by atoms with Crippen molar-refractivity contribution < 1.29 is 0 Å². The van der Waals surface area contributed by atoms with Gasteiger partial charge in [0.25, 0.3) is 0 Å². The minimum Gasteiger partial charge on any atom is -0.404 e. The fraction of sp³-hybridized carbons (Fsp3) is 0.500. The van der Waals surface area contributed by atoms with Gasteiger partial charge in [0.15, 0.2) is 0 Å². The maximum Gasteiger partial charge on any atom is -0.00301 e. The molecule has 0 rings (SSSR count). The largest absolute Gasteiger partial charge is 0.404 e. The number of allylic oxidation sites excluding steroid dienone is 2. The topological polar surface area (TPSA) is 26.0 Å². The van der Waals surface area contributed by atoms with E-state index in [-0.39, 0.29) is 0 Å². The van der Waals surface area contributed by atoms with Crippen molar-refractivity contribution in [2.45, 2.75) is 27.7 Å². The summed E-state index contributed by atoms with van der Waals surface area (Å²) in [5, 5.41) is 0. The predicted molar refractivity (Wildman–Crippen MR) is 44.1 cm³/mol. The summed E-state index contributed by atoms with van der Waals surface area (Å²) in [7, 11) is 0. The fourth-order valence-electron chi connectivity index (χ4n) is 0.142. The van der Waals surface area contributed by atoms with E-state index in [2.05, 4.69) is 6.58 Å². The van der Waals surface area contributed by atoms with Gasteiger partial charge in [-0.15, -0.1) is 0 Å². The van der Waals surface area contributed by atoms with Gasteiger partial charge in [-0.05, 0) is 25.6 Å². The van der Waals surface area contributed by atoms with Gasteiger partial charge >= 0.3 is 0 Å². The van der Waals surface area contributed by atoms with Gasteiger partial charge < -0.3 is 5.73 Å². The Kier molecular flexibility index (Phi) is 9.00. The Balaban J connectivity index is 0. The lowest BCUT2D eigenvalue weighted by atomic mass is 10.2. The molecule has 0 aromatic carbocycles. The maximum absolute atomic E-state index is 5.15. The van der Waals surface area contributed by atoms with Crippen LogP contribution in [0.5, 0.6) is 0 Å². The highest BCUT2D eigenvalue weighted by Crippen LogP contribution is 2.00. The molecule has 0 saturated heterocycles. The van der Waals surface area contributed by atoms with Crippen molar-refractivity contribution in [3.8, 4) is 0 Å². The molecule has 2 N–H and O–H groups in total. The van der Waals surface area contributed by atoms with Crippen molar-refractivity contribution >= 4 is 0 Å². The summed E-state index contributed by atoms with van der Waals surface area (Å²) in [6.07, 6.45) is 1.56. The molecular formula is C8H17N. The molecule has 0 aliphatic rings. The minimum atomic E-state index is 1.03. The van der Waals surface area contributed by atoms with Crippen LogP contribution in [0.1, 0.15) is 27.7 Å². The molecule has 0 fully saturated rings. The molecule has 0 aliphatic heterocycles. The summed E-state index contributed by atoms with van der Waals surface area (Å²) in [5.74, 6) is 0. The molecule has 0 unspecified atom stereocenters. The first-order chi connectivity index (χ1) is 4.18. The van der Waals surface area contributed by atoms with E-state index < -0.39 is 0 Å². The van der Waals surface area contributed by atoms with E-state index in [1.54, 1.807) is 6.20 Å². The highest BCUT2D eigenvalue weighted by Gasteiger charge is 1.82. The van der Waals surface area contributed by atoms with E-state index in [0.717, 1.165) is 11.1 Å². The van der Waals surface area contributed by atoms with Crippen LogP contribution in [0.15, 0.2) is 23.9 Å². The molecule has 0 bridgehead atoms. The van der Waals surface area contributed by atoms with Crippen molar-refractivity contribution in [3.05, 3.63) is 23.9 Å². The molecule has 0 spiro atoms. The average molecular weight is 127 g/mol. The van der Waals surface area contributed by atoms with E-state index in [4.69, 9.17) is 5.73 Å². The Hall–Kier alpha value is -0.720. The molecule has 9 heavy (non-hydrogen) atoms. The van der Waals surface area contributed by atoms with Crippen LogP contribution in [0.4, 0.5) is 0 Å². The van der Waals surface area contributed by atoms with Crippen molar-refractivity contribution in [2.75, 3.05) is 0 Å². The molecule has 0 heterocycles. The second-order valence-electron chi connectivity index (χ2n) is 1.63. The summed E-state index contributed by atoms with van der Waals surface area (Å²) >= 11 is 0. The predicted octanol–water partition coefficient (Wildman–Crippen LogP) is 2.45. The zero-order chi connectivity index (χ0) is 7.86. The molecule has 1 heteroatoms. The number of hydrogen-bond acceptors (Lipinski definition) is 1.